The normalized spacial score (nSPS) is 19.7. The second kappa shape index (κ2) is 8.24. The Morgan fingerprint density at radius 3 is 2.94 bits per heavy atom. The van der Waals surface area contributed by atoms with Crippen LogP contribution in [-0.2, 0) is 24.3 Å². The molecule has 3 aromatic heterocycles. The summed E-state index contributed by atoms with van der Waals surface area (Å²) in [6.07, 6.45) is 4.56. The third kappa shape index (κ3) is 3.83. The van der Waals surface area contributed by atoms with E-state index in [0.29, 0.717) is 37.1 Å². The molecule has 1 amide bonds. The Kier molecular flexibility index (Phi) is 5.44. The van der Waals surface area contributed by atoms with Gasteiger partial charge in [-0.1, -0.05) is 13.3 Å². The largest absolute Gasteiger partial charge is 0.338 e. The monoisotopic (exact) mass is 439 g/mol. The Morgan fingerprint density at radius 2 is 2.16 bits per heavy atom. The molecule has 0 radical (unpaired) electrons. The Balaban J connectivity index is 1.47. The van der Waals surface area contributed by atoms with Gasteiger partial charge in [-0.25, -0.2) is 9.50 Å². The molecular formula is C23H29N5O2S. The van der Waals surface area contributed by atoms with Crippen LogP contribution < -0.4 is 5.56 Å². The lowest BCUT2D eigenvalue weighted by molar-refractivity contribution is -0.131. The number of amides is 1. The van der Waals surface area contributed by atoms with Crippen molar-refractivity contribution in [2.75, 3.05) is 13.1 Å². The molecule has 0 aromatic carbocycles. The summed E-state index contributed by atoms with van der Waals surface area (Å²) in [5.74, 6) is 0.0870. The first-order valence-corrected chi connectivity index (χ1v) is 12.1. The van der Waals surface area contributed by atoms with Gasteiger partial charge in [0, 0.05) is 41.8 Å². The molecule has 164 valence electrons. The van der Waals surface area contributed by atoms with Gasteiger partial charge in [0.05, 0.1) is 29.5 Å². The summed E-state index contributed by atoms with van der Waals surface area (Å²) in [6, 6.07) is 6.71. The van der Waals surface area contributed by atoms with Crippen molar-refractivity contribution < 1.29 is 4.79 Å². The molecule has 1 fully saturated rings. The molecule has 0 spiro atoms. The van der Waals surface area contributed by atoms with Crippen molar-refractivity contribution in [2.24, 2.45) is 0 Å². The fourth-order valence-electron chi connectivity index (χ4n) is 4.91. The summed E-state index contributed by atoms with van der Waals surface area (Å²) in [5.41, 5.74) is 3.16. The number of nitrogens with zero attached hydrogens (tertiary/aromatic N) is 4. The number of fused-ring (bicyclic) bond motifs is 2. The first-order valence-electron chi connectivity index (χ1n) is 11.2. The van der Waals surface area contributed by atoms with Gasteiger partial charge in [-0.3, -0.25) is 19.6 Å². The molecule has 1 N–H and O–H groups in total. The van der Waals surface area contributed by atoms with E-state index >= 15 is 0 Å². The summed E-state index contributed by atoms with van der Waals surface area (Å²) in [4.78, 5) is 37.2. The molecule has 31 heavy (non-hydrogen) atoms. The van der Waals surface area contributed by atoms with Crippen LogP contribution >= 0.6 is 11.3 Å². The van der Waals surface area contributed by atoms with Gasteiger partial charge in [0.1, 0.15) is 0 Å². The smallest absolute Gasteiger partial charge is 0.277 e. The van der Waals surface area contributed by atoms with E-state index in [0.717, 1.165) is 30.9 Å². The molecule has 5 rings (SSSR count). The fraction of sp³-hybridized carbons (Fsp3) is 0.522. The number of aryl methyl sites for hydroxylation is 1. The standard InChI is InChI=1S/C23H29N5O2S/c1-3-22(29)27-11-9-18-17(14-27)23(30)28-21(24-18)12-19(25-28)20-6-4-5-10-26(20)13-16-8-7-15(2)31-16/h7-8,12,20,25H,3-6,9-11,13-14H2,1-2H3/t20-/m1/s1. The minimum Gasteiger partial charge on any atom is -0.338 e. The highest BCUT2D eigenvalue weighted by Crippen LogP contribution is 2.33. The van der Waals surface area contributed by atoms with Gasteiger partial charge in [-0.2, -0.15) is 0 Å². The molecule has 0 aliphatic carbocycles. The number of aromatic nitrogens is 3. The van der Waals surface area contributed by atoms with E-state index in [1.807, 2.05) is 24.3 Å². The van der Waals surface area contributed by atoms with Gasteiger partial charge in [-0.15, -0.1) is 11.3 Å². The van der Waals surface area contributed by atoms with Crippen molar-refractivity contribution >= 4 is 22.9 Å². The van der Waals surface area contributed by atoms with E-state index in [2.05, 4.69) is 29.1 Å². The van der Waals surface area contributed by atoms with E-state index in [9.17, 15) is 9.59 Å². The SMILES string of the molecule is CCC(=O)N1CCc2nc3cc([C@H]4CCCCN4Cc4ccc(C)s4)[nH]n3c(=O)c2C1. The van der Waals surface area contributed by atoms with Gasteiger partial charge < -0.3 is 4.90 Å². The van der Waals surface area contributed by atoms with Gasteiger partial charge >= 0.3 is 0 Å². The Hall–Kier alpha value is -2.45. The van der Waals surface area contributed by atoms with Gasteiger partial charge in [0.15, 0.2) is 5.65 Å². The average Bonchev–Trinajstić information content (AvgIpc) is 3.39. The zero-order valence-electron chi connectivity index (χ0n) is 18.2. The average molecular weight is 440 g/mol. The van der Waals surface area contributed by atoms with E-state index in [1.165, 1.54) is 22.6 Å². The molecule has 1 atom stereocenters. The number of piperidine rings is 1. The lowest BCUT2D eigenvalue weighted by atomic mass is 9.99. The van der Waals surface area contributed by atoms with Crippen LogP contribution in [0.4, 0.5) is 0 Å². The topological polar surface area (TPSA) is 73.7 Å². The van der Waals surface area contributed by atoms with E-state index in [1.54, 1.807) is 9.42 Å². The van der Waals surface area contributed by atoms with Crippen molar-refractivity contribution in [1.29, 1.82) is 0 Å². The van der Waals surface area contributed by atoms with Crippen LogP contribution in [0.15, 0.2) is 23.0 Å². The summed E-state index contributed by atoms with van der Waals surface area (Å²) >= 11 is 1.86. The maximum absolute atomic E-state index is 13.2. The molecule has 1 saturated heterocycles. The number of hydrogen-bond acceptors (Lipinski definition) is 5. The summed E-state index contributed by atoms with van der Waals surface area (Å²) in [7, 11) is 0. The van der Waals surface area contributed by atoms with Gasteiger partial charge in [-0.05, 0) is 38.4 Å². The maximum atomic E-state index is 13.2. The number of carbonyl (C=O) groups is 1. The second-order valence-corrected chi connectivity index (χ2v) is 10.0. The van der Waals surface area contributed by atoms with Crippen molar-refractivity contribution in [3.05, 3.63) is 55.3 Å². The van der Waals surface area contributed by atoms with Gasteiger partial charge in [0.2, 0.25) is 5.91 Å². The third-order valence-electron chi connectivity index (χ3n) is 6.56. The molecule has 2 aliphatic heterocycles. The first kappa shape index (κ1) is 20.5. The first-order chi connectivity index (χ1) is 15.0. The summed E-state index contributed by atoms with van der Waals surface area (Å²) < 4.78 is 1.58. The lowest BCUT2D eigenvalue weighted by Gasteiger charge is -2.34. The Bertz CT molecular complexity index is 1180. The number of likely N-dealkylation sites (tertiary alicyclic amines) is 1. The van der Waals surface area contributed by atoms with E-state index < -0.39 is 0 Å². The molecule has 8 heteroatoms. The van der Waals surface area contributed by atoms with Crippen LogP contribution in [0.25, 0.3) is 5.65 Å². The number of thiophene rings is 1. The maximum Gasteiger partial charge on any atom is 0.277 e. The van der Waals surface area contributed by atoms with Crippen molar-refractivity contribution in [1.82, 2.24) is 24.4 Å². The highest BCUT2D eigenvalue weighted by atomic mass is 32.1. The highest BCUT2D eigenvalue weighted by molar-refractivity contribution is 7.11. The lowest BCUT2D eigenvalue weighted by Crippen LogP contribution is -2.40. The van der Waals surface area contributed by atoms with Crippen molar-refractivity contribution in [3.63, 3.8) is 0 Å². The van der Waals surface area contributed by atoms with E-state index in [-0.39, 0.29) is 17.5 Å². The van der Waals surface area contributed by atoms with Crippen molar-refractivity contribution in [3.8, 4) is 0 Å². The van der Waals surface area contributed by atoms with Crippen LogP contribution in [0.5, 0.6) is 0 Å². The van der Waals surface area contributed by atoms with Crippen LogP contribution in [0, 0.1) is 6.92 Å². The zero-order chi connectivity index (χ0) is 21.5. The number of hydrogen-bond donors (Lipinski definition) is 1. The molecule has 5 heterocycles. The third-order valence-corrected chi connectivity index (χ3v) is 7.55. The van der Waals surface area contributed by atoms with Crippen molar-refractivity contribution in [2.45, 2.75) is 65.1 Å². The summed E-state index contributed by atoms with van der Waals surface area (Å²) in [5, 5.41) is 3.36. The fourth-order valence-corrected chi connectivity index (χ4v) is 5.83. The molecular weight excluding hydrogens is 410 g/mol. The molecule has 3 aromatic rings. The number of rotatable bonds is 4. The Labute approximate surface area is 185 Å². The number of nitrogens with one attached hydrogen (secondary N) is 1. The van der Waals surface area contributed by atoms with Crippen LogP contribution in [0.3, 0.4) is 0 Å². The number of aromatic amines is 1. The van der Waals surface area contributed by atoms with Gasteiger partial charge in [0.25, 0.3) is 5.56 Å². The second-order valence-electron chi connectivity index (χ2n) is 8.66. The summed E-state index contributed by atoms with van der Waals surface area (Å²) in [6.45, 7) is 7.00. The number of H-pyrrole nitrogens is 1. The van der Waals surface area contributed by atoms with Crippen LogP contribution in [0.2, 0.25) is 0 Å². The minimum atomic E-state index is -0.0731. The Morgan fingerprint density at radius 1 is 1.29 bits per heavy atom. The predicted octanol–water partition coefficient (Wildman–Crippen LogP) is 3.41. The molecule has 7 nitrogen and oxygen atoms in total. The van der Waals surface area contributed by atoms with Crippen LogP contribution in [-0.4, -0.2) is 43.4 Å². The molecule has 0 bridgehead atoms. The quantitative estimate of drug-likeness (QED) is 0.676. The minimum absolute atomic E-state index is 0.0731. The van der Waals surface area contributed by atoms with E-state index in [4.69, 9.17) is 4.98 Å². The molecule has 0 unspecified atom stereocenters. The predicted molar refractivity (Wildman–Crippen MR) is 121 cm³/mol. The molecule has 2 aliphatic rings. The van der Waals surface area contributed by atoms with Crippen LogP contribution in [0.1, 0.15) is 65.4 Å². The molecule has 0 saturated carbocycles. The highest BCUT2D eigenvalue weighted by Gasteiger charge is 2.28. The zero-order valence-corrected chi connectivity index (χ0v) is 19.0. The number of carbonyl (C=O) groups excluding carboxylic acids is 1.